The minimum atomic E-state index is -0.802. The number of halogens is 2. The first-order valence-electron chi connectivity index (χ1n) is 6.88. The van der Waals surface area contributed by atoms with Gasteiger partial charge in [-0.2, -0.15) is 0 Å². The van der Waals surface area contributed by atoms with Gasteiger partial charge in [0.1, 0.15) is 0 Å². The molecule has 2 rings (SSSR count). The van der Waals surface area contributed by atoms with Crippen LogP contribution in [0.2, 0.25) is 10.0 Å². The average molecular weight is 384 g/mol. The van der Waals surface area contributed by atoms with E-state index >= 15 is 0 Å². The molecule has 0 spiro atoms. The fraction of sp³-hybridized carbons (Fsp3) is 0.133. The summed E-state index contributed by atoms with van der Waals surface area (Å²) < 4.78 is 0. The Morgan fingerprint density at radius 2 is 1.60 bits per heavy atom. The summed E-state index contributed by atoms with van der Waals surface area (Å²) in [5.74, 6) is -0.703. The number of benzene rings is 2. The molecule has 1 atom stereocenters. The number of nitro groups is 2. The van der Waals surface area contributed by atoms with Gasteiger partial charge in [0, 0.05) is 22.2 Å². The Morgan fingerprint density at radius 1 is 1.04 bits per heavy atom. The van der Waals surface area contributed by atoms with Crippen LogP contribution < -0.4 is 5.32 Å². The Kier molecular flexibility index (Phi) is 5.55. The van der Waals surface area contributed by atoms with Gasteiger partial charge >= 0.3 is 0 Å². The molecule has 8 nitrogen and oxygen atoms in total. The average Bonchev–Trinajstić information content (AvgIpc) is 2.53. The van der Waals surface area contributed by atoms with Crippen molar-refractivity contribution in [2.75, 3.05) is 0 Å². The van der Waals surface area contributed by atoms with E-state index in [1.54, 1.807) is 19.1 Å². The van der Waals surface area contributed by atoms with Crippen molar-refractivity contribution in [1.82, 2.24) is 5.32 Å². The highest BCUT2D eigenvalue weighted by Crippen LogP contribution is 2.27. The zero-order valence-electron chi connectivity index (χ0n) is 12.7. The van der Waals surface area contributed by atoms with E-state index < -0.39 is 33.2 Å². The van der Waals surface area contributed by atoms with Gasteiger partial charge in [-0.1, -0.05) is 29.3 Å². The van der Waals surface area contributed by atoms with Gasteiger partial charge in [0.15, 0.2) is 0 Å². The van der Waals surface area contributed by atoms with E-state index in [1.165, 1.54) is 6.07 Å². The number of hydrogen-bond donors (Lipinski definition) is 1. The normalized spacial score (nSPS) is 11.6. The molecular formula is C15H11Cl2N3O5. The van der Waals surface area contributed by atoms with E-state index in [2.05, 4.69) is 5.32 Å². The lowest BCUT2D eigenvalue weighted by atomic mass is 10.1. The van der Waals surface area contributed by atoms with Crippen molar-refractivity contribution < 1.29 is 14.6 Å². The van der Waals surface area contributed by atoms with Crippen LogP contribution in [0.15, 0.2) is 36.4 Å². The standard InChI is InChI=1S/C15H11Cl2N3O5/c1-8(13-3-2-10(16)6-14(13)17)18-15(21)9-4-11(19(22)23)7-12(5-9)20(24)25/h2-8H,1H3,(H,18,21)/t8-/m1/s1. The predicted molar refractivity (Wildman–Crippen MR) is 92.1 cm³/mol. The maximum atomic E-state index is 12.3. The minimum Gasteiger partial charge on any atom is -0.345 e. The summed E-state index contributed by atoms with van der Waals surface area (Å²) in [5.41, 5.74) is -0.703. The molecule has 25 heavy (non-hydrogen) atoms. The maximum absolute atomic E-state index is 12.3. The molecule has 0 aliphatic carbocycles. The monoisotopic (exact) mass is 383 g/mol. The smallest absolute Gasteiger partial charge is 0.277 e. The molecule has 1 amide bonds. The quantitative estimate of drug-likeness (QED) is 0.610. The van der Waals surface area contributed by atoms with Crippen molar-refractivity contribution in [2.24, 2.45) is 0 Å². The van der Waals surface area contributed by atoms with E-state index in [-0.39, 0.29) is 5.56 Å². The topological polar surface area (TPSA) is 115 Å². The van der Waals surface area contributed by atoms with Gasteiger partial charge in [0.2, 0.25) is 0 Å². The molecule has 0 aliphatic heterocycles. The number of nitro benzene ring substituents is 2. The molecule has 1 N–H and O–H groups in total. The third kappa shape index (κ3) is 4.43. The lowest BCUT2D eigenvalue weighted by Crippen LogP contribution is -2.27. The van der Waals surface area contributed by atoms with Crippen LogP contribution in [-0.4, -0.2) is 15.8 Å². The van der Waals surface area contributed by atoms with Crippen LogP contribution in [0.3, 0.4) is 0 Å². The van der Waals surface area contributed by atoms with Gasteiger partial charge in [0.25, 0.3) is 17.3 Å². The second kappa shape index (κ2) is 7.45. The highest BCUT2D eigenvalue weighted by molar-refractivity contribution is 6.35. The van der Waals surface area contributed by atoms with Crippen LogP contribution in [0.1, 0.15) is 28.9 Å². The largest absolute Gasteiger partial charge is 0.345 e. The van der Waals surface area contributed by atoms with Gasteiger partial charge < -0.3 is 5.32 Å². The maximum Gasteiger partial charge on any atom is 0.277 e. The van der Waals surface area contributed by atoms with Crippen LogP contribution in [0.5, 0.6) is 0 Å². The molecule has 0 saturated carbocycles. The lowest BCUT2D eigenvalue weighted by molar-refractivity contribution is -0.394. The highest BCUT2D eigenvalue weighted by Gasteiger charge is 2.21. The molecular weight excluding hydrogens is 373 g/mol. The number of amides is 1. The van der Waals surface area contributed by atoms with E-state index in [0.717, 1.165) is 18.2 Å². The van der Waals surface area contributed by atoms with Crippen molar-refractivity contribution in [3.63, 3.8) is 0 Å². The van der Waals surface area contributed by atoms with E-state index in [0.29, 0.717) is 15.6 Å². The van der Waals surface area contributed by atoms with Crippen LogP contribution in [0, 0.1) is 20.2 Å². The first-order valence-corrected chi connectivity index (χ1v) is 7.64. The third-order valence-corrected chi connectivity index (χ3v) is 3.93. The van der Waals surface area contributed by atoms with Crippen LogP contribution >= 0.6 is 23.2 Å². The SMILES string of the molecule is C[C@@H](NC(=O)c1cc([N+](=O)[O-])cc([N+](=O)[O-])c1)c1ccc(Cl)cc1Cl. The summed E-state index contributed by atoms with van der Waals surface area (Å²) in [6.07, 6.45) is 0. The first-order chi connectivity index (χ1) is 11.7. The van der Waals surface area contributed by atoms with Crippen LogP contribution in [0.25, 0.3) is 0 Å². The number of rotatable bonds is 5. The molecule has 0 fully saturated rings. The summed E-state index contributed by atoms with van der Waals surface area (Å²) in [6, 6.07) is 6.93. The van der Waals surface area contributed by atoms with Crippen molar-refractivity contribution >= 4 is 40.5 Å². The van der Waals surface area contributed by atoms with E-state index in [9.17, 15) is 25.0 Å². The molecule has 2 aromatic carbocycles. The lowest BCUT2D eigenvalue weighted by Gasteiger charge is -2.16. The molecule has 0 aliphatic rings. The van der Waals surface area contributed by atoms with Crippen molar-refractivity contribution in [1.29, 1.82) is 0 Å². The number of non-ortho nitro benzene ring substituents is 2. The van der Waals surface area contributed by atoms with Crippen LogP contribution in [-0.2, 0) is 0 Å². The summed E-state index contributed by atoms with van der Waals surface area (Å²) in [7, 11) is 0. The Balaban J connectivity index is 2.31. The molecule has 0 unspecified atom stereocenters. The van der Waals surface area contributed by atoms with E-state index in [4.69, 9.17) is 23.2 Å². The Hall–Kier alpha value is -2.71. The van der Waals surface area contributed by atoms with Gasteiger partial charge in [-0.3, -0.25) is 25.0 Å². The summed E-state index contributed by atoms with van der Waals surface area (Å²) >= 11 is 11.9. The number of nitrogens with zero attached hydrogens (tertiary/aromatic N) is 2. The Labute approximate surface area is 151 Å². The highest BCUT2D eigenvalue weighted by atomic mass is 35.5. The van der Waals surface area contributed by atoms with Crippen LogP contribution in [0.4, 0.5) is 11.4 Å². The zero-order valence-corrected chi connectivity index (χ0v) is 14.2. The van der Waals surface area contributed by atoms with Crippen molar-refractivity contribution in [2.45, 2.75) is 13.0 Å². The fourth-order valence-electron chi connectivity index (χ4n) is 2.15. The van der Waals surface area contributed by atoms with E-state index in [1.807, 2.05) is 0 Å². The molecule has 0 radical (unpaired) electrons. The summed E-state index contributed by atoms with van der Waals surface area (Å²) in [5, 5.41) is 25.1. The number of carbonyl (C=O) groups excluding carboxylic acids is 1. The molecule has 2 aromatic rings. The molecule has 10 heteroatoms. The Morgan fingerprint density at radius 3 is 2.08 bits per heavy atom. The van der Waals surface area contributed by atoms with Gasteiger partial charge in [-0.05, 0) is 24.6 Å². The van der Waals surface area contributed by atoms with Crippen molar-refractivity contribution in [3.05, 3.63) is 77.8 Å². The van der Waals surface area contributed by atoms with Gasteiger partial charge in [0.05, 0.1) is 27.5 Å². The fourth-order valence-corrected chi connectivity index (χ4v) is 2.72. The number of nitrogens with one attached hydrogen (secondary N) is 1. The molecule has 0 aromatic heterocycles. The number of carbonyl (C=O) groups is 1. The van der Waals surface area contributed by atoms with Crippen molar-refractivity contribution in [3.8, 4) is 0 Å². The Bertz CT molecular complexity index is 840. The third-order valence-electron chi connectivity index (χ3n) is 3.36. The molecule has 0 bridgehead atoms. The first kappa shape index (κ1) is 18.6. The minimum absolute atomic E-state index is 0.196. The second-order valence-corrected chi connectivity index (χ2v) is 5.96. The molecule has 0 heterocycles. The molecule has 0 saturated heterocycles. The predicted octanol–water partition coefficient (Wildman–Crippen LogP) is 4.30. The number of hydrogen-bond acceptors (Lipinski definition) is 5. The second-order valence-electron chi connectivity index (χ2n) is 5.11. The molecule has 130 valence electrons. The van der Waals surface area contributed by atoms with Gasteiger partial charge in [-0.15, -0.1) is 0 Å². The summed E-state index contributed by atoms with van der Waals surface area (Å²) in [6.45, 7) is 1.65. The van der Waals surface area contributed by atoms with Gasteiger partial charge in [-0.25, -0.2) is 0 Å². The zero-order chi connectivity index (χ0) is 18.7. The summed E-state index contributed by atoms with van der Waals surface area (Å²) in [4.78, 5) is 32.5.